The van der Waals surface area contributed by atoms with E-state index < -0.39 is 0 Å². The maximum Gasteiger partial charge on any atom is 0.232 e. The molecule has 116 valence electrons. The summed E-state index contributed by atoms with van der Waals surface area (Å²) in [6.07, 6.45) is 2.64. The molecule has 1 aromatic heterocycles. The van der Waals surface area contributed by atoms with Crippen molar-refractivity contribution in [2.75, 3.05) is 18.4 Å². The van der Waals surface area contributed by atoms with Gasteiger partial charge in [0.15, 0.2) is 0 Å². The van der Waals surface area contributed by atoms with Gasteiger partial charge in [0.2, 0.25) is 5.91 Å². The molecule has 1 aromatic carbocycles. The Morgan fingerprint density at radius 2 is 2.09 bits per heavy atom. The minimum Gasteiger partial charge on any atom is -0.310 e. The molecule has 1 atom stereocenters. The van der Waals surface area contributed by atoms with E-state index in [0.29, 0.717) is 11.9 Å². The summed E-state index contributed by atoms with van der Waals surface area (Å²) in [5, 5.41) is 5.13. The van der Waals surface area contributed by atoms with E-state index in [1.807, 2.05) is 30.3 Å². The van der Waals surface area contributed by atoms with Crippen LogP contribution >= 0.6 is 0 Å². The van der Waals surface area contributed by atoms with E-state index in [1.165, 1.54) is 0 Å². The Kier molecular flexibility index (Phi) is 3.87. The van der Waals surface area contributed by atoms with Gasteiger partial charge in [-0.15, -0.1) is 0 Å². The summed E-state index contributed by atoms with van der Waals surface area (Å²) in [4.78, 5) is 19.5. The second-order valence-corrected chi connectivity index (χ2v) is 6.71. The summed E-state index contributed by atoms with van der Waals surface area (Å²) in [6, 6.07) is 10.4. The van der Waals surface area contributed by atoms with E-state index in [0.717, 1.165) is 30.3 Å². The molecule has 4 heteroatoms. The average molecular weight is 297 g/mol. The third-order valence-corrected chi connectivity index (χ3v) is 4.69. The van der Waals surface area contributed by atoms with Crippen LogP contribution in [0.5, 0.6) is 0 Å². The normalized spacial score (nSPS) is 22.4. The molecule has 4 nitrogen and oxygen atoms in total. The Balaban J connectivity index is 1.82. The molecule has 2 heterocycles. The zero-order valence-electron chi connectivity index (χ0n) is 13.5. The summed E-state index contributed by atoms with van der Waals surface area (Å²) in [5.41, 5.74) is -0.344. The fraction of sp³-hybridized carbons (Fsp3) is 0.444. The molecule has 2 aromatic rings. The van der Waals surface area contributed by atoms with Gasteiger partial charge in [-0.3, -0.25) is 9.69 Å². The van der Waals surface area contributed by atoms with Crippen molar-refractivity contribution >= 4 is 22.5 Å². The van der Waals surface area contributed by atoms with Gasteiger partial charge in [0, 0.05) is 24.2 Å². The Morgan fingerprint density at radius 3 is 2.82 bits per heavy atom. The lowest BCUT2D eigenvalue weighted by molar-refractivity contribution is -0.124. The fourth-order valence-electron chi connectivity index (χ4n) is 3.10. The molecule has 1 fully saturated rings. The second-order valence-electron chi connectivity index (χ2n) is 6.71. The zero-order chi connectivity index (χ0) is 15.7. The topological polar surface area (TPSA) is 45.2 Å². The molecule has 0 radical (unpaired) electrons. The number of aromatic nitrogens is 1. The van der Waals surface area contributed by atoms with E-state index in [1.54, 1.807) is 6.20 Å². The number of fused-ring (bicyclic) bond motifs is 1. The molecule has 1 aliphatic heterocycles. The van der Waals surface area contributed by atoms with Crippen molar-refractivity contribution in [3.63, 3.8) is 0 Å². The van der Waals surface area contributed by atoms with Gasteiger partial charge >= 0.3 is 0 Å². The molecule has 0 bridgehead atoms. The molecular formula is C18H23N3O. The van der Waals surface area contributed by atoms with Crippen LogP contribution in [0.1, 0.15) is 27.2 Å². The molecular weight excluding hydrogens is 274 g/mol. The van der Waals surface area contributed by atoms with E-state index in [2.05, 4.69) is 36.0 Å². The summed E-state index contributed by atoms with van der Waals surface area (Å²) >= 11 is 0. The highest BCUT2D eigenvalue weighted by molar-refractivity contribution is 6.02. The molecule has 1 aliphatic rings. The zero-order valence-corrected chi connectivity index (χ0v) is 13.5. The number of carbonyl (C=O) groups excluding carboxylic acids is 1. The van der Waals surface area contributed by atoms with Gasteiger partial charge in [0.05, 0.1) is 5.41 Å². The van der Waals surface area contributed by atoms with Gasteiger partial charge in [-0.2, -0.15) is 0 Å². The van der Waals surface area contributed by atoms with Crippen LogP contribution in [0.25, 0.3) is 10.8 Å². The highest BCUT2D eigenvalue weighted by Gasteiger charge is 2.41. The lowest BCUT2D eigenvalue weighted by atomic mass is 9.88. The van der Waals surface area contributed by atoms with Gasteiger partial charge in [0.1, 0.15) is 5.82 Å². The minimum absolute atomic E-state index is 0.0690. The monoisotopic (exact) mass is 297 g/mol. The third kappa shape index (κ3) is 2.71. The van der Waals surface area contributed by atoms with Crippen molar-refractivity contribution in [3.05, 3.63) is 36.5 Å². The smallest absolute Gasteiger partial charge is 0.232 e. The summed E-state index contributed by atoms with van der Waals surface area (Å²) < 4.78 is 0. The van der Waals surface area contributed by atoms with Gasteiger partial charge in [0.25, 0.3) is 0 Å². The predicted octanol–water partition coefficient (Wildman–Crippen LogP) is 3.29. The van der Waals surface area contributed by atoms with E-state index in [-0.39, 0.29) is 11.3 Å². The quantitative estimate of drug-likeness (QED) is 0.945. The first-order chi connectivity index (χ1) is 10.5. The number of carbonyl (C=O) groups is 1. The van der Waals surface area contributed by atoms with Crippen molar-refractivity contribution in [1.29, 1.82) is 0 Å². The van der Waals surface area contributed by atoms with E-state index in [9.17, 15) is 4.79 Å². The number of rotatable bonds is 3. The molecule has 3 rings (SSSR count). The fourth-order valence-corrected chi connectivity index (χ4v) is 3.10. The van der Waals surface area contributed by atoms with Crippen molar-refractivity contribution in [2.45, 2.75) is 33.2 Å². The van der Waals surface area contributed by atoms with Gasteiger partial charge < -0.3 is 5.32 Å². The number of anilines is 1. The Bertz CT molecular complexity index is 692. The summed E-state index contributed by atoms with van der Waals surface area (Å²) in [7, 11) is 0. The molecule has 0 spiro atoms. The highest BCUT2D eigenvalue weighted by Crippen LogP contribution is 2.33. The lowest BCUT2D eigenvalue weighted by Crippen LogP contribution is -2.38. The maximum absolute atomic E-state index is 12.8. The van der Waals surface area contributed by atoms with Gasteiger partial charge in [-0.1, -0.05) is 24.3 Å². The number of hydrogen-bond donors (Lipinski definition) is 1. The number of nitrogens with one attached hydrogen (secondary N) is 1. The molecule has 1 N–H and O–H groups in total. The summed E-state index contributed by atoms with van der Waals surface area (Å²) in [5.74, 6) is 0.729. The molecule has 1 saturated heterocycles. The van der Waals surface area contributed by atoms with Gasteiger partial charge in [-0.05, 0) is 45.2 Å². The second kappa shape index (κ2) is 5.69. The molecule has 1 unspecified atom stereocenters. The number of benzene rings is 1. The minimum atomic E-state index is -0.344. The Hall–Kier alpha value is -1.94. The third-order valence-electron chi connectivity index (χ3n) is 4.69. The molecule has 0 aliphatic carbocycles. The number of likely N-dealkylation sites (tertiary alicyclic amines) is 1. The van der Waals surface area contributed by atoms with E-state index in [4.69, 9.17) is 0 Å². The van der Waals surface area contributed by atoms with Crippen LogP contribution in [0.3, 0.4) is 0 Å². The van der Waals surface area contributed by atoms with Crippen molar-refractivity contribution in [1.82, 2.24) is 9.88 Å². The highest BCUT2D eigenvalue weighted by atomic mass is 16.2. The van der Waals surface area contributed by atoms with Crippen LogP contribution in [0.2, 0.25) is 0 Å². The molecule has 1 amide bonds. The van der Waals surface area contributed by atoms with Crippen LogP contribution in [-0.4, -0.2) is 34.9 Å². The largest absolute Gasteiger partial charge is 0.310 e. The number of hydrogen-bond acceptors (Lipinski definition) is 3. The number of nitrogens with zero attached hydrogens (tertiary/aromatic N) is 2. The average Bonchev–Trinajstić information content (AvgIpc) is 2.92. The van der Waals surface area contributed by atoms with E-state index >= 15 is 0 Å². The number of amides is 1. The first kappa shape index (κ1) is 15.0. The van der Waals surface area contributed by atoms with Crippen molar-refractivity contribution in [3.8, 4) is 0 Å². The van der Waals surface area contributed by atoms with Crippen LogP contribution in [0, 0.1) is 5.41 Å². The van der Waals surface area contributed by atoms with Crippen molar-refractivity contribution < 1.29 is 4.79 Å². The van der Waals surface area contributed by atoms with Crippen LogP contribution in [0.15, 0.2) is 36.5 Å². The predicted molar refractivity (Wildman–Crippen MR) is 89.8 cm³/mol. The molecule has 22 heavy (non-hydrogen) atoms. The van der Waals surface area contributed by atoms with Crippen LogP contribution < -0.4 is 5.32 Å². The van der Waals surface area contributed by atoms with Crippen LogP contribution in [0.4, 0.5) is 5.82 Å². The maximum atomic E-state index is 12.8. The summed E-state index contributed by atoms with van der Waals surface area (Å²) in [6.45, 7) is 8.19. The standard InChI is InChI=1S/C18H23N3O/c1-13(2)21-11-9-18(3,12-21)17(22)20-16-15-7-5-4-6-14(15)8-10-19-16/h4-8,10,13H,9,11-12H2,1-3H3,(H,19,20,22). The Labute approximate surface area is 131 Å². The van der Waals surface area contributed by atoms with Gasteiger partial charge in [-0.25, -0.2) is 4.98 Å². The van der Waals surface area contributed by atoms with Crippen LogP contribution in [-0.2, 0) is 4.79 Å². The first-order valence-corrected chi connectivity index (χ1v) is 7.89. The number of pyridine rings is 1. The molecule has 0 saturated carbocycles. The first-order valence-electron chi connectivity index (χ1n) is 7.89. The lowest BCUT2D eigenvalue weighted by Gasteiger charge is -2.25. The van der Waals surface area contributed by atoms with Crippen molar-refractivity contribution in [2.24, 2.45) is 5.41 Å². The SMILES string of the molecule is CC(C)N1CCC(C)(C(=O)Nc2nccc3ccccc23)C1. The Morgan fingerprint density at radius 1 is 1.32 bits per heavy atom.